The Morgan fingerprint density at radius 2 is 1.82 bits per heavy atom. The summed E-state index contributed by atoms with van der Waals surface area (Å²) in [6.07, 6.45) is 7.42. The summed E-state index contributed by atoms with van der Waals surface area (Å²) in [4.78, 5) is 12.9. The lowest BCUT2D eigenvalue weighted by Crippen LogP contribution is -2.21. The molecule has 0 spiro atoms. The van der Waals surface area contributed by atoms with Crippen molar-refractivity contribution in [2.24, 2.45) is 0 Å². The SMILES string of the molecule is C=Cc1ccc(Cn2nc3c4cc(-c5ccc(OCCCC)cc5)nn4ccn3c2=O)cc1. The number of ether oxygens (including phenoxy) is 1. The molecule has 5 aromatic rings. The highest BCUT2D eigenvalue weighted by molar-refractivity contribution is 5.76. The van der Waals surface area contributed by atoms with Crippen LogP contribution < -0.4 is 10.4 Å². The van der Waals surface area contributed by atoms with Crippen LogP contribution in [0, 0.1) is 0 Å². The highest BCUT2D eigenvalue weighted by Gasteiger charge is 2.14. The average Bonchev–Trinajstić information content (AvgIpc) is 3.42. The van der Waals surface area contributed by atoms with Gasteiger partial charge in [-0.3, -0.25) is 0 Å². The zero-order chi connectivity index (χ0) is 22.8. The molecule has 0 radical (unpaired) electrons. The molecule has 166 valence electrons. The summed E-state index contributed by atoms with van der Waals surface area (Å²) in [5.41, 5.74) is 4.98. The van der Waals surface area contributed by atoms with Gasteiger partial charge in [0.05, 0.1) is 18.8 Å². The molecular weight excluding hydrogens is 414 g/mol. The molecule has 0 unspecified atom stereocenters. The van der Waals surface area contributed by atoms with E-state index in [4.69, 9.17) is 4.74 Å². The summed E-state index contributed by atoms with van der Waals surface area (Å²) in [5.74, 6) is 0.852. The van der Waals surface area contributed by atoms with Crippen molar-refractivity contribution in [2.75, 3.05) is 6.61 Å². The van der Waals surface area contributed by atoms with Gasteiger partial charge in [0, 0.05) is 18.0 Å². The molecule has 3 heterocycles. The number of rotatable bonds is 8. The molecule has 5 rings (SSSR count). The van der Waals surface area contributed by atoms with Gasteiger partial charge in [0.1, 0.15) is 11.3 Å². The van der Waals surface area contributed by atoms with Crippen molar-refractivity contribution in [3.8, 4) is 17.0 Å². The van der Waals surface area contributed by atoms with Crippen molar-refractivity contribution in [3.63, 3.8) is 0 Å². The maximum Gasteiger partial charge on any atom is 0.350 e. The second-order valence-electron chi connectivity index (χ2n) is 7.96. The molecule has 2 aromatic carbocycles. The first-order valence-corrected chi connectivity index (χ1v) is 11.1. The second kappa shape index (κ2) is 8.78. The minimum atomic E-state index is -0.184. The van der Waals surface area contributed by atoms with Crippen molar-refractivity contribution in [1.82, 2.24) is 23.8 Å². The molecule has 0 saturated heterocycles. The predicted molar refractivity (Wildman–Crippen MR) is 130 cm³/mol. The molecule has 7 nitrogen and oxygen atoms in total. The van der Waals surface area contributed by atoms with E-state index in [9.17, 15) is 4.79 Å². The number of hydrogen-bond donors (Lipinski definition) is 0. The number of benzene rings is 2. The largest absolute Gasteiger partial charge is 0.494 e. The van der Waals surface area contributed by atoms with E-state index in [2.05, 4.69) is 23.7 Å². The minimum absolute atomic E-state index is 0.184. The smallest absolute Gasteiger partial charge is 0.350 e. The van der Waals surface area contributed by atoms with Gasteiger partial charge in [0.25, 0.3) is 0 Å². The fraction of sp³-hybridized carbons (Fsp3) is 0.192. The third kappa shape index (κ3) is 4.05. The molecule has 7 heteroatoms. The summed E-state index contributed by atoms with van der Waals surface area (Å²) < 4.78 is 10.5. The van der Waals surface area contributed by atoms with Crippen LogP contribution in [0.4, 0.5) is 0 Å². The molecule has 3 aromatic heterocycles. The Balaban J connectivity index is 1.46. The third-order valence-electron chi connectivity index (χ3n) is 5.66. The normalized spacial score (nSPS) is 11.3. The number of aromatic nitrogens is 5. The van der Waals surface area contributed by atoms with Crippen molar-refractivity contribution in [1.29, 1.82) is 0 Å². The molecule has 0 saturated carbocycles. The molecule has 0 aliphatic rings. The van der Waals surface area contributed by atoms with Crippen LogP contribution in [0.5, 0.6) is 5.75 Å². The molecule has 0 fully saturated rings. The zero-order valence-electron chi connectivity index (χ0n) is 18.5. The van der Waals surface area contributed by atoms with Crippen LogP contribution in [0.1, 0.15) is 30.9 Å². The number of fused-ring (bicyclic) bond motifs is 3. The average molecular weight is 440 g/mol. The van der Waals surface area contributed by atoms with Gasteiger partial charge in [0.15, 0.2) is 5.65 Å². The minimum Gasteiger partial charge on any atom is -0.494 e. The Kier molecular flexibility index (Phi) is 5.52. The lowest BCUT2D eigenvalue weighted by atomic mass is 10.1. The first kappa shape index (κ1) is 20.8. The van der Waals surface area contributed by atoms with Gasteiger partial charge in [-0.05, 0) is 47.9 Å². The number of nitrogens with zero attached hydrogens (tertiary/aromatic N) is 5. The van der Waals surface area contributed by atoms with E-state index in [-0.39, 0.29) is 5.69 Å². The van der Waals surface area contributed by atoms with Gasteiger partial charge < -0.3 is 4.74 Å². The fourth-order valence-corrected chi connectivity index (χ4v) is 3.77. The Labute approximate surface area is 191 Å². The Hall–Kier alpha value is -4.13. The first-order valence-electron chi connectivity index (χ1n) is 11.1. The first-order chi connectivity index (χ1) is 16.2. The van der Waals surface area contributed by atoms with Gasteiger partial charge >= 0.3 is 5.69 Å². The fourth-order valence-electron chi connectivity index (χ4n) is 3.77. The Bertz CT molecular complexity index is 1470. The quantitative estimate of drug-likeness (QED) is 0.329. The van der Waals surface area contributed by atoms with E-state index in [0.29, 0.717) is 12.2 Å². The summed E-state index contributed by atoms with van der Waals surface area (Å²) in [6, 6.07) is 17.8. The van der Waals surface area contributed by atoms with Crippen LogP contribution in [-0.2, 0) is 6.54 Å². The number of unbranched alkanes of at least 4 members (excludes halogenated alkanes) is 1. The molecule has 33 heavy (non-hydrogen) atoms. The molecule has 0 aliphatic heterocycles. The maximum absolute atomic E-state index is 12.9. The van der Waals surface area contributed by atoms with Crippen LogP contribution in [0.3, 0.4) is 0 Å². The van der Waals surface area contributed by atoms with Gasteiger partial charge in [0.2, 0.25) is 0 Å². The lowest BCUT2D eigenvalue weighted by Gasteiger charge is -2.05. The van der Waals surface area contributed by atoms with Crippen LogP contribution in [0.15, 0.2) is 78.4 Å². The van der Waals surface area contributed by atoms with E-state index in [0.717, 1.165) is 53.1 Å². The number of hydrogen-bond acceptors (Lipinski definition) is 4. The Morgan fingerprint density at radius 1 is 1.03 bits per heavy atom. The van der Waals surface area contributed by atoms with Crippen molar-refractivity contribution < 1.29 is 4.74 Å². The van der Waals surface area contributed by atoms with Crippen molar-refractivity contribution in [2.45, 2.75) is 26.3 Å². The molecule has 0 atom stereocenters. The highest BCUT2D eigenvalue weighted by Crippen LogP contribution is 2.24. The van der Waals surface area contributed by atoms with Crippen molar-refractivity contribution >= 4 is 17.2 Å². The van der Waals surface area contributed by atoms with Gasteiger partial charge in [-0.2, -0.15) is 5.10 Å². The highest BCUT2D eigenvalue weighted by atomic mass is 16.5. The summed E-state index contributed by atoms with van der Waals surface area (Å²) in [6.45, 7) is 7.03. The summed E-state index contributed by atoms with van der Waals surface area (Å²) >= 11 is 0. The van der Waals surface area contributed by atoms with E-state index < -0.39 is 0 Å². The molecule has 0 N–H and O–H groups in total. The van der Waals surface area contributed by atoms with Crippen LogP contribution in [-0.4, -0.2) is 30.4 Å². The standard InChI is InChI=1S/C26H25N5O2/c1-3-5-16-33-22-12-10-21(11-13-22)23-17-24-25-28-31(18-20-8-6-19(4-2)7-9-20)26(32)29(25)14-15-30(24)27-23/h4,6-15,17H,2-3,5,16,18H2,1H3. The van der Waals surface area contributed by atoms with Crippen LogP contribution in [0.2, 0.25) is 0 Å². The zero-order valence-corrected chi connectivity index (χ0v) is 18.5. The predicted octanol–water partition coefficient (Wildman–Crippen LogP) is 4.68. The second-order valence-corrected chi connectivity index (χ2v) is 7.96. The van der Waals surface area contributed by atoms with Crippen LogP contribution in [0.25, 0.3) is 28.5 Å². The molecular formula is C26H25N5O2. The van der Waals surface area contributed by atoms with Gasteiger partial charge in [-0.15, -0.1) is 5.10 Å². The maximum atomic E-state index is 12.9. The molecule has 0 aliphatic carbocycles. The monoisotopic (exact) mass is 439 g/mol. The topological polar surface area (TPSA) is 65.8 Å². The Morgan fingerprint density at radius 3 is 2.55 bits per heavy atom. The van der Waals surface area contributed by atoms with Gasteiger partial charge in [-0.1, -0.05) is 50.3 Å². The third-order valence-corrected chi connectivity index (χ3v) is 5.66. The summed E-state index contributed by atoms with van der Waals surface area (Å²) in [5, 5.41) is 9.29. The van der Waals surface area contributed by atoms with E-state index in [1.54, 1.807) is 27.4 Å². The molecule has 0 amide bonds. The van der Waals surface area contributed by atoms with E-state index in [1.807, 2.05) is 54.6 Å². The van der Waals surface area contributed by atoms with E-state index >= 15 is 0 Å². The van der Waals surface area contributed by atoms with E-state index in [1.165, 1.54) is 4.68 Å². The van der Waals surface area contributed by atoms with Crippen molar-refractivity contribution in [3.05, 3.63) is 95.2 Å². The van der Waals surface area contributed by atoms with Crippen LogP contribution >= 0.6 is 0 Å². The van der Waals surface area contributed by atoms with Gasteiger partial charge in [-0.25, -0.2) is 18.4 Å². The molecule has 0 bridgehead atoms. The lowest BCUT2D eigenvalue weighted by molar-refractivity contribution is 0.309. The summed E-state index contributed by atoms with van der Waals surface area (Å²) in [7, 11) is 0.